The van der Waals surface area contributed by atoms with Gasteiger partial charge >= 0.3 is 23.9 Å². The lowest BCUT2D eigenvalue weighted by Crippen LogP contribution is -2.81. The van der Waals surface area contributed by atoms with E-state index in [-0.39, 0.29) is 23.1 Å². The molecule has 10 rings (SSSR count). The molecular weight excluding hydrogens is 658 g/mol. The number of fused-ring (bicyclic) bond motifs is 1. The van der Waals surface area contributed by atoms with Crippen LogP contribution in [0.4, 0.5) is 0 Å². The molecule has 268 valence electrons. The fourth-order valence-electron chi connectivity index (χ4n) is 12.4. The van der Waals surface area contributed by atoms with Crippen molar-refractivity contribution >= 4 is 30.2 Å². The monoisotopic (exact) mass is 699 g/mol. The standard InChI is InChI=1S/C39H41NO11/c1-18-24-27(51-36(47)22-14-10-7-11-15-22)25-31-39-29(26(40(31)5)33(45)38(25,32(18)44)30(39)28(24)48-19(2)42)37(4,17-41)16-23(34(39)49-20(3)43)50-35(46)21-12-8-6-9-13-21/h6-15,17,23-34,44-45H,1,16H2,2-5H3/t23-,24-,25+,26+,27?,28+,29+,30+,31+,32-,33+,34+,37-,38-,39+/m0/s1. The van der Waals surface area contributed by atoms with Crippen molar-refractivity contribution in [1.82, 2.24) is 4.90 Å². The van der Waals surface area contributed by atoms with Crippen LogP contribution in [-0.2, 0) is 33.3 Å². The molecule has 0 aromatic heterocycles. The Kier molecular flexibility index (Phi) is 7.48. The number of hydrogen-bond acceptors (Lipinski definition) is 12. The van der Waals surface area contributed by atoms with Crippen LogP contribution in [-0.4, -0.2) is 101 Å². The Morgan fingerprint density at radius 1 is 0.824 bits per heavy atom. The first-order valence-electron chi connectivity index (χ1n) is 17.4. The molecule has 1 unspecified atom stereocenters. The maximum absolute atomic E-state index is 13.8. The number of rotatable bonds is 7. The summed E-state index contributed by atoms with van der Waals surface area (Å²) in [6.45, 7) is 8.47. The molecule has 0 radical (unpaired) electrons. The lowest BCUT2D eigenvalue weighted by molar-refractivity contribution is -0.308. The van der Waals surface area contributed by atoms with Crippen molar-refractivity contribution in [2.75, 3.05) is 7.05 Å². The zero-order valence-corrected chi connectivity index (χ0v) is 28.7. The zero-order valence-electron chi connectivity index (χ0n) is 28.7. The van der Waals surface area contributed by atoms with Crippen molar-refractivity contribution in [3.63, 3.8) is 0 Å². The molecule has 2 aromatic carbocycles. The highest BCUT2D eigenvalue weighted by Gasteiger charge is 2.95. The first kappa shape index (κ1) is 33.7. The minimum atomic E-state index is -1.51. The summed E-state index contributed by atoms with van der Waals surface area (Å²) in [5, 5.41) is 25.1. The van der Waals surface area contributed by atoms with Crippen molar-refractivity contribution < 1.29 is 53.1 Å². The number of piperidine rings is 1. The Labute approximate surface area is 294 Å². The van der Waals surface area contributed by atoms with E-state index in [2.05, 4.69) is 6.58 Å². The average molecular weight is 700 g/mol. The molecule has 2 saturated heterocycles. The van der Waals surface area contributed by atoms with Gasteiger partial charge in [-0.1, -0.05) is 49.9 Å². The van der Waals surface area contributed by atoms with Crippen molar-refractivity contribution in [1.29, 1.82) is 0 Å². The number of benzene rings is 2. The van der Waals surface area contributed by atoms with E-state index < -0.39 is 113 Å². The molecule has 6 aliphatic carbocycles. The van der Waals surface area contributed by atoms with Gasteiger partial charge in [0.2, 0.25) is 0 Å². The van der Waals surface area contributed by atoms with Gasteiger partial charge in [0, 0.05) is 66.4 Å². The summed E-state index contributed by atoms with van der Waals surface area (Å²) in [6.07, 6.45) is -6.42. The molecule has 8 fully saturated rings. The molecule has 2 N–H and O–H groups in total. The Morgan fingerprint density at radius 2 is 1.39 bits per heavy atom. The Balaban J connectivity index is 1.37. The molecule has 51 heavy (non-hydrogen) atoms. The highest BCUT2D eigenvalue weighted by molar-refractivity contribution is 5.90. The second-order valence-electron chi connectivity index (χ2n) is 15.5. The van der Waals surface area contributed by atoms with E-state index in [1.165, 1.54) is 13.8 Å². The van der Waals surface area contributed by atoms with Crippen LogP contribution in [0.3, 0.4) is 0 Å². The van der Waals surface area contributed by atoms with Gasteiger partial charge in [0.15, 0.2) is 0 Å². The van der Waals surface area contributed by atoms with Crippen molar-refractivity contribution in [2.45, 2.75) is 75.9 Å². The van der Waals surface area contributed by atoms with Crippen LogP contribution in [0.15, 0.2) is 72.8 Å². The summed E-state index contributed by atoms with van der Waals surface area (Å²) < 4.78 is 25.1. The third kappa shape index (κ3) is 4.09. The molecule has 12 heteroatoms. The fourth-order valence-corrected chi connectivity index (χ4v) is 12.4. The third-order valence-electron chi connectivity index (χ3n) is 13.3. The van der Waals surface area contributed by atoms with Gasteiger partial charge < -0.3 is 34.0 Å². The number of nitrogens with zero attached hydrogens (tertiary/aromatic N) is 1. The van der Waals surface area contributed by atoms with Gasteiger partial charge in [-0.2, -0.15) is 0 Å². The van der Waals surface area contributed by atoms with Crippen LogP contribution in [0.2, 0.25) is 0 Å². The molecule has 15 atom stereocenters. The number of aliphatic hydroxyl groups is 2. The van der Waals surface area contributed by atoms with E-state index in [4.69, 9.17) is 18.9 Å². The molecule has 0 amide bonds. The quantitative estimate of drug-likeness (QED) is 0.188. The van der Waals surface area contributed by atoms with Crippen LogP contribution < -0.4 is 0 Å². The van der Waals surface area contributed by atoms with Gasteiger partial charge in [-0.25, -0.2) is 9.59 Å². The molecule has 7 bridgehead atoms. The number of hydrogen-bond donors (Lipinski definition) is 2. The van der Waals surface area contributed by atoms with Gasteiger partial charge in [0.05, 0.1) is 29.3 Å². The van der Waals surface area contributed by atoms with Gasteiger partial charge in [0.25, 0.3) is 0 Å². The molecule has 2 aromatic rings. The smallest absolute Gasteiger partial charge is 0.338 e. The van der Waals surface area contributed by atoms with Crippen LogP contribution >= 0.6 is 0 Å². The molecule has 8 aliphatic rings. The first-order valence-corrected chi connectivity index (χ1v) is 17.4. The van der Waals surface area contributed by atoms with E-state index in [0.717, 1.165) is 6.29 Å². The Hall–Kier alpha value is -4.39. The van der Waals surface area contributed by atoms with Crippen LogP contribution in [0.5, 0.6) is 0 Å². The van der Waals surface area contributed by atoms with Crippen LogP contribution in [0, 0.1) is 39.9 Å². The van der Waals surface area contributed by atoms with Crippen LogP contribution in [0.1, 0.15) is 47.9 Å². The maximum atomic E-state index is 13.8. The highest BCUT2D eigenvalue weighted by atomic mass is 16.6. The predicted molar refractivity (Wildman–Crippen MR) is 177 cm³/mol. The number of aliphatic hydroxyl groups excluding tert-OH is 2. The van der Waals surface area contributed by atoms with Gasteiger partial charge in [-0.3, -0.25) is 14.5 Å². The second-order valence-corrected chi connectivity index (χ2v) is 15.5. The SMILES string of the molecule is C=C1[C@H]2C(OC(=O)c3ccccc3)[C@@H]3[C@H]4N(C)[C@H]5[C@@H](O)[C@@]3([C@@H]([C@@H]2OC(C)=O)[C@@]42[C@H](OC(C)=O)[C@@H](OC(=O)c3ccccc3)C[C@@](C)(C=O)[C@@H]52)[C@H]1O. The number of aldehydes is 1. The summed E-state index contributed by atoms with van der Waals surface area (Å²) in [5.74, 6) is -6.05. The van der Waals surface area contributed by atoms with Crippen LogP contribution in [0.25, 0.3) is 0 Å². The minimum Gasteiger partial charge on any atom is -0.461 e. The topological polar surface area (TPSA) is 166 Å². The summed E-state index contributed by atoms with van der Waals surface area (Å²) in [6, 6.07) is 15.2. The number of ether oxygens (including phenoxy) is 4. The summed E-state index contributed by atoms with van der Waals surface area (Å²) in [4.78, 5) is 69.1. The summed E-state index contributed by atoms with van der Waals surface area (Å²) in [7, 11) is 1.80. The second kappa shape index (κ2) is 11.3. The zero-order chi connectivity index (χ0) is 36.4. The summed E-state index contributed by atoms with van der Waals surface area (Å²) >= 11 is 0. The molecular formula is C39H41NO11. The lowest BCUT2D eigenvalue weighted by Gasteiger charge is -2.70. The largest absolute Gasteiger partial charge is 0.461 e. The number of esters is 4. The maximum Gasteiger partial charge on any atom is 0.338 e. The average Bonchev–Trinajstić information content (AvgIpc) is 3.44. The van der Waals surface area contributed by atoms with Gasteiger partial charge in [-0.15, -0.1) is 0 Å². The summed E-state index contributed by atoms with van der Waals surface area (Å²) in [5.41, 5.74) is -3.34. The third-order valence-corrected chi connectivity index (χ3v) is 13.3. The van der Waals surface area contributed by atoms with E-state index in [1.807, 2.05) is 4.90 Å². The van der Waals surface area contributed by atoms with E-state index in [9.17, 15) is 34.2 Å². The fraction of sp³-hybridized carbons (Fsp3) is 0.513. The van der Waals surface area contributed by atoms with E-state index in [0.29, 0.717) is 0 Å². The lowest BCUT2D eigenvalue weighted by atomic mass is 9.37. The van der Waals surface area contributed by atoms with Crippen molar-refractivity contribution in [2.24, 2.45) is 39.9 Å². The van der Waals surface area contributed by atoms with Crippen molar-refractivity contribution in [3.05, 3.63) is 83.9 Å². The van der Waals surface area contributed by atoms with Crippen molar-refractivity contribution in [3.8, 4) is 0 Å². The van der Waals surface area contributed by atoms with E-state index >= 15 is 0 Å². The van der Waals surface area contributed by atoms with E-state index in [1.54, 1.807) is 74.6 Å². The Bertz CT molecular complexity index is 1830. The normalized spacial score (nSPS) is 44.0. The molecule has 2 aliphatic heterocycles. The highest BCUT2D eigenvalue weighted by Crippen LogP contribution is 2.85. The van der Waals surface area contributed by atoms with Gasteiger partial charge in [0.1, 0.15) is 30.7 Å². The first-order chi connectivity index (χ1) is 24.3. The number of carbonyl (C=O) groups is 5. The minimum absolute atomic E-state index is 0.0308. The molecule has 2 spiro atoms. The molecule has 2 heterocycles. The predicted octanol–water partition coefficient (Wildman–Crippen LogP) is 2.36. The Morgan fingerprint density at radius 3 is 1.94 bits per heavy atom. The molecule has 6 saturated carbocycles. The number of carbonyl (C=O) groups excluding carboxylic acids is 5. The number of likely N-dealkylation sites (N-methyl/N-ethyl adjacent to an activating group) is 1. The van der Waals surface area contributed by atoms with Gasteiger partial charge in [-0.05, 0) is 36.9 Å². The molecule has 12 nitrogen and oxygen atoms in total.